The minimum atomic E-state index is -4.19. The van der Waals surface area contributed by atoms with Crippen LogP contribution in [-0.4, -0.2) is 19.8 Å². The minimum Gasteiger partial charge on any atom is -0.496 e. The van der Waals surface area contributed by atoms with E-state index in [0.29, 0.717) is 17.7 Å². The summed E-state index contributed by atoms with van der Waals surface area (Å²) >= 11 is 0. The molecule has 0 heterocycles. The molecule has 0 amide bonds. The standard InChI is InChI=1S/C12H16F3NO/c1-17-11-5-3-2-4-10(11)9(6-7-16)8-12(13,14)15/h2-5,9H,6-8,16H2,1H3. The topological polar surface area (TPSA) is 35.2 Å². The fourth-order valence-corrected chi connectivity index (χ4v) is 1.85. The molecule has 1 aromatic rings. The number of halogens is 3. The van der Waals surface area contributed by atoms with Gasteiger partial charge in [0.2, 0.25) is 0 Å². The van der Waals surface area contributed by atoms with E-state index in [4.69, 9.17) is 10.5 Å². The first kappa shape index (κ1) is 13.8. The summed E-state index contributed by atoms with van der Waals surface area (Å²) in [6.45, 7) is 0.221. The monoisotopic (exact) mass is 247 g/mol. The van der Waals surface area contributed by atoms with Crippen molar-refractivity contribution in [2.75, 3.05) is 13.7 Å². The first-order valence-corrected chi connectivity index (χ1v) is 5.37. The van der Waals surface area contributed by atoms with Gasteiger partial charge in [0.15, 0.2) is 0 Å². The number of hydrogen-bond acceptors (Lipinski definition) is 2. The van der Waals surface area contributed by atoms with Crippen molar-refractivity contribution in [1.82, 2.24) is 0 Å². The molecule has 96 valence electrons. The smallest absolute Gasteiger partial charge is 0.389 e. The van der Waals surface area contributed by atoms with Gasteiger partial charge < -0.3 is 10.5 Å². The molecule has 17 heavy (non-hydrogen) atoms. The quantitative estimate of drug-likeness (QED) is 0.867. The van der Waals surface area contributed by atoms with E-state index in [-0.39, 0.29) is 6.54 Å². The van der Waals surface area contributed by atoms with E-state index in [9.17, 15) is 13.2 Å². The van der Waals surface area contributed by atoms with Gasteiger partial charge in [0.25, 0.3) is 0 Å². The third-order valence-electron chi connectivity index (χ3n) is 2.57. The van der Waals surface area contributed by atoms with Gasteiger partial charge in [-0.2, -0.15) is 13.2 Å². The Balaban J connectivity index is 2.96. The molecule has 1 aromatic carbocycles. The molecular weight excluding hydrogens is 231 g/mol. The average Bonchev–Trinajstić information content (AvgIpc) is 2.27. The van der Waals surface area contributed by atoms with Crippen LogP contribution >= 0.6 is 0 Å². The molecule has 2 nitrogen and oxygen atoms in total. The highest BCUT2D eigenvalue weighted by Gasteiger charge is 2.33. The predicted octanol–water partition coefficient (Wildman–Crippen LogP) is 3.08. The number of alkyl halides is 3. The summed E-state index contributed by atoms with van der Waals surface area (Å²) in [5.74, 6) is -0.161. The van der Waals surface area contributed by atoms with Crippen molar-refractivity contribution in [1.29, 1.82) is 0 Å². The van der Waals surface area contributed by atoms with Crippen molar-refractivity contribution < 1.29 is 17.9 Å². The van der Waals surface area contributed by atoms with Gasteiger partial charge in [0.1, 0.15) is 5.75 Å². The van der Waals surface area contributed by atoms with E-state index in [1.54, 1.807) is 24.3 Å². The Labute approximate surface area is 98.6 Å². The Hall–Kier alpha value is -1.23. The van der Waals surface area contributed by atoms with Crippen molar-refractivity contribution in [2.45, 2.75) is 24.9 Å². The van der Waals surface area contributed by atoms with Crippen molar-refractivity contribution in [3.8, 4) is 5.75 Å². The first-order chi connectivity index (χ1) is 7.98. The van der Waals surface area contributed by atoms with Gasteiger partial charge in [0, 0.05) is 0 Å². The molecule has 0 bridgehead atoms. The maximum absolute atomic E-state index is 12.5. The second-order valence-corrected chi connectivity index (χ2v) is 3.84. The van der Waals surface area contributed by atoms with Crippen molar-refractivity contribution in [3.05, 3.63) is 29.8 Å². The first-order valence-electron chi connectivity index (χ1n) is 5.37. The van der Waals surface area contributed by atoms with Gasteiger partial charge in [-0.05, 0) is 30.5 Å². The highest BCUT2D eigenvalue weighted by atomic mass is 19.4. The fraction of sp³-hybridized carbons (Fsp3) is 0.500. The van der Waals surface area contributed by atoms with Crippen LogP contribution in [0.3, 0.4) is 0 Å². The number of hydrogen-bond donors (Lipinski definition) is 1. The predicted molar refractivity (Wildman–Crippen MR) is 60.1 cm³/mol. The van der Waals surface area contributed by atoms with Crippen LogP contribution < -0.4 is 10.5 Å². The van der Waals surface area contributed by atoms with Crippen LogP contribution in [0.25, 0.3) is 0 Å². The van der Waals surface area contributed by atoms with Crippen LogP contribution in [0.1, 0.15) is 24.3 Å². The molecule has 0 fully saturated rings. The summed E-state index contributed by atoms with van der Waals surface area (Å²) in [6.07, 6.45) is -4.77. The van der Waals surface area contributed by atoms with Crippen LogP contribution in [-0.2, 0) is 0 Å². The number of benzene rings is 1. The van der Waals surface area contributed by atoms with Crippen molar-refractivity contribution in [3.63, 3.8) is 0 Å². The maximum atomic E-state index is 12.5. The summed E-state index contributed by atoms with van der Waals surface area (Å²) in [5, 5.41) is 0. The molecule has 5 heteroatoms. The van der Waals surface area contributed by atoms with Crippen molar-refractivity contribution >= 4 is 0 Å². The molecule has 0 aliphatic heterocycles. The summed E-state index contributed by atoms with van der Waals surface area (Å²) in [7, 11) is 1.45. The average molecular weight is 247 g/mol. The van der Waals surface area contributed by atoms with Gasteiger partial charge >= 0.3 is 6.18 Å². The summed E-state index contributed by atoms with van der Waals surface area (Å²) < 4.78 is 42.5. The van der Waals surface area contributed by atoms with Crippen LogP contribution in [0.5, 0.6) is 5.75 Å². The second-order valence-electron chi connectivity index (χ2n) is 3.84. The summed E-state index contributed by atoms with van der Waals surface area (Å²) in [4.78, 5) is 0. The van der Waals surface area contributed by atoms with Crippen LogP contribution in [0, 0.1) is 0 Å². The minimum absolute atomic E-state index is 0.221. The summed E-state index contributed by atoms with van der Waals surface area (Å²) in [6, 6.07) is 6.76. The number of nitrogens with two attached hydrogens (primary N) is 1. The second kappa shape index (κ2) is 5.91. The Morgan fingerprint density at radius 2 is 1.94 bits per heavy atom. The lowest BCUT2D eigenvalue weighted by molar-refractivity contribution is -0.139. The lowest BCUT2D eigenvalue weighted by Gasteiger charge is -2.20. The molecule has 0 aromatic heterocycles. The Bertz CT molecular complexity index is 352. The normalized spacial score (nSPS) is 13.5. The van der Waals surface area contributed by atoms with Crippen LogP contribution in [0.4, 0.5) is 13.2 Å². The van der Waals surface area contributed by atoms with E-state index < -0.39 is 18.5 Å². The Morgan fingerprint density at radius 3 is 2.47 bits per heavy atom. The third kappa shape index (κ3) is 4.26. The Kier molecular flexibility index (Phi) is 4.81. The molecule has 0 aliphatic carbocycles. The zero-order valence-corrected chi connectivity index (χ0v) is 9.63. The van der Waals surface area contributed by atoms with Gasteiger partial charge in [-0.1, -0.05) is 18.2 Å². The molecule has 0 spiro atoms. The fourth-order valence-electron chi connectivity index (χ4n) is 1.85. The summed E-state index contributed by atoms with van der Waals surface area (Å²) in [5.41, 5.74) is 5.94. The van der Waals surface area contributed by atoms with Gasteiger partial charge in [-0.15, -0.1) is 0 Å². The number of rotatable bonds is 5. The maximum Gasteiger partial charge on any atom is 0.389 e. The molecular formula is C12H16F3NO. The number of para-hydroxylation sites is 1. The van der Waals surface area contributed by atoms with E-state index in [0.717, 1.165) is 0 Å². The van der Waals surface area contributed by atoms with Gasteiger partial charge in [-0.25, -0.2) is 0 Å². The molecule has 0 radical (unpaired) electrons. The zero-order valence-electron chi connectivity index (χ0n) is 9.63. The molecule has 0 saturated heterocycles. The largest absolute Gasteiger partial charge is 0.496 e. The number of methoxy groups -OCH3 is 1. The highest BCUT2D eigenvalue weighted by Crippen LogP contribution is 2.37. The molecule has 1 rings (SSSR count). The number of ether oxygens (including phenoxy) is 1. The van der Waals surface area contributed by atoms with Gasteiger partial charge in [-0.3, -0.25) is 0 Å². The van der Waals surface area contributed by atoms with E-state index >= 15 is 0 Å². The molecule has 0 aliphatic rings. The van der Waals surface area contributed by atoms with Gasteiger partial charge in [0.05, 0.1) is 13.5 Å². The SMILES string of the molecule is COc1ccccc1C(CCN)CC(F)(F)F. The molecule has 2 N–H and O–H groups in total. The van der Waals surface area contributed by atoms with E-state index in [1.165, 1.54) is 7.11 Å². The lowest BCUT2D eigenvalue weighted by Crippen LogP contribution is -2.17. The Morgan fingerprint density at radius 1 is 1.29 bits per heavy atom. The van der Waals surface area contributed by atoms with Crippen LogP contribution in [0.15, 0.2) is 24.3 Å². The molecule has 1 atom stereocenters. The van der Waals surface area contributed by atoms with E-state index in [2.05, 4.69) is 0 Å². The van der Waals surface area contributed by atoms with E-state index in [1.807, 2.05) is 0 Å². The lowest BCUT2D eigenvalue weighted by atomic mass is 9.91. The third-order valence-corrected chi connectivity index (χ3v) is 2.57. The van der Waals surface area contributed by atoms with Crippen molar-refractivity contribution in [2.24, 2.45) is 5.73 Å². The zero-order chi connectivity index (χ0) is 12.9. The highest BCUT2D eigenvalue weighted by molar-refractivity contribution is 5.36. The van der Waals surface area contributed by atoms with Crippen LogP contribution in [0.2, 0.25) is 0 Å². The molecule has 0 saturated carbocycles. The molecule has 1 unspecified atom stereocenters.